The molecule has 96 valence electrons. The lowest BCUT2D eigenvalue weighted by atomic mass is 10.1. The van der Waals surface area contributed by atoms with Gasteiger partial charge >= 0.3 is 0 Å². The van der Waals surface area contributed by atoms with Gasteiger partial charge in [0.15, 0.2) is 5.82 Å². The topological polar surface area (TPSA) is 61.4 Å². The second-order valence-corrected chi connectivity index (χ2v) is 5.37. The first-order chi connectivity index (χ1) is 9.20. The SMILES string of the molecule is Cn1nnc(Cn2cc(-c3ccc(I)cc3)cn2)n1. The van der Waals surface area contributed by atoms with Crippen LogP contribution in [0.4, 0.5) is 0 Å². The van der Waals surface area contributed by atoms with Crippen molar-refractivity contribution in [2.75, 3.05) is 0 Å². The van der Waals surface area contributed by atoms with E-state index in [1.165, 1.54) is 8.37 Å². The quantitative estimate of drug-likeness (QED) is 0.663. The van der Waals surface area contributed by atoms with Gasteiger partial charge in [-0.1, -0.05) is 12.1 Å². The molecule has 0 saturated heterocycles. The first kappa shape index (κ1) is 12.3. The largest absolute Gasteiger partial charge is 0.264 e. The summed E-state index contributed by atoms with van der Waals surface area (Å²) in [5, 5.41) is 16.2. The maximum atomic E-state index is 4.32. The van der Waals surface area contributed by atoms with Gasteiger partial charge in [0.1, 0.15) is 6.54 Å². The maximum absolute atomic E-state index is 4.32. The van der Waals surface area contributed by atoms with Crippen molar-refractivity contribution in [3.63, 3.8) is 0 Å². The Bertz CT molecular complexity index is 684. The third kappa shape index (κ3) is 2.80. The number of nitrogens with zero attached hydrogens (tertiary/aromatic N) is 6. The first-order valence-corrected chi connectivity index (χ1v) is 6.80. The van der Waals surface area contributed by atoms with E-state index < -0.39 is 0 Å². The van der Waals surface area contributed by atoms with Crippen molar-refractivity contribution in [1.29, 1.82) is 0 Å². The molecule has 3 aromatic rings. The highest BCUT2D eigenvalue weighted by atomic mass is 127. The Morgan fingerprint density at radius 2 is 1.95 bits per heavy atom. The molecule has 0 aliphatic rings. The zero-order chi connectivity index (χ0) is 13.2. The van der Waals surface area contributed by atoms with Crippen molar-refractivity contribution >= 4 is 22.6 Å². The van der Waals surface area contributed by atoms with E-state index in [1.807, 2.05) is 17.1 Å². The van der Waals surface area contributed by atoms with Crippen molar-refractivity contribution in [1.82, 2.24) is 30.0 Å². The molecule has 0 unspecified atom stereocenters. The van der Waals surface area contributed by atoms with Crippen molar-refractivity contribution in [2.45, 2.75) is 6.54 Å². The Labute approximate surface area is 123 Å². The van der Waals surface area contributed by atoms with Crippen LogP contribution in [0.2, 0.25) is 0 Å². The van der Waals surface area contributed by atoms with Gasteiger partial charge < -0.3 is 0 Å². The van der Waals surface area contributed by atoms with Gasteiger partial charge in [-0.25, -0.2) is 0 Å². The summed E-state index contributed by atoms with van der Waals surface area (Å²) in [5.74, 6) is 0.653. The van der Waals surface area contributed by atoms with E-state index in [9.17, 15) is 0 Å². The highest BCUT2D eigenvalue weighted by Gasteiger charge is 2.05. The van der Waals surface area contributed by atoms with Crippen LogP contribution in [0.15, 0.2) is 36.7 Å². The molecule has 2 heterocycles. The van der Waals surface area contributed by atoms with Crippen LogP contribution in [0.25, 0.3) is 11.1 Å². The molecule has 0 spiro atoms. The monoisotopic (exact) mass is 366 g/mol. The number of rotatable bonds is 3. The lowest BCUT2D eigenvalue weighted by Crippen LogP contribution is -2.02. The Morgan fingerprint density at radius 3 is 2.63 bits per heavy atom. The molecule has 0 aliphatic carbocycles. The molecular weight excluding hydrogens is 355 g/mol. The normalized spacial score (nSPS) is 10.8. The van der Waals surface area contributed by atoms with Gasteiger partial charge in [0, 0.05) is 15.3 Å². The highest BCUT2D eigenvalue weighted by Crippen LogP contribution is 2.19. The molecule has 2 aromatic heterocycles. The summed E-state index contributed by atoms with van der Waals surface area (Å²) < 4.78 is 3.03. The zero-order valence-corrected chi connectivity index (χ0v) is 12.4. The molecule has 0 fully saturated rings. The van der Waals surface area contributed by atoms with E-state index >= 15 is 0 Å². The molecule has 1 aromatic carbocycles. The number of aromatic nitrogens is 6. The minimum atomic E-state index is 0.526. The predicted octanol–water partition coefficient (Wildman–Crippen LogP) is 1.73. The molecule has 3 rings (SSSR count). The van der Waals surface area contributed by atoms with Crippen molar-refractivity contribution in [3.8, 4) is 11.1 Å². The fraction of sp³-hybridized carbons (Fsp3) is 0.167. The van der Waals surface area contributed by atoms with Crippen LogP contribution in [-0.4, -0.2) is 30.0 Å². The number of tetrazole rings is 1. The highest BCUT2D eigenvalue weighted by molar-refractivity contribution is 14.1. The van der Waals surface area contributed by atoms with Gasteiger partial charge in [-0.2, -0.15) is 9.90 Å². The van der Waals surface area contributed by atoms with Crippen LogP contribution in [0.3, 0.4) is 0 Å². The Morgan fingerprint density at radius 1 is 1.16 bits per heavy atom. The summed E-state index contributed by atoms with van der Waals surface area (Å²) in [4.78, 5) is 1.44. The summed E-state index contributed by atoms with van der Waals surface area (Å²) in [6, 6.07) is 8.34. The summed E-state index contributed by atoms with van der Waals surface area (Å²) >= 11 is 2.29. The molecule has 0 atom stereocenters. The van der Waals surface area contributed by atoms with Gasteiger partial charge in [-0.15, -0.1) is 10.2 Å². The van der Waals surface area contributed by atoms with E-state index in [0.717, 1.165) is 11.1 Å². The second kappa shape index (κ2) is 5.08. The fourth-order valence-electron chi connectivity index (χ4n) is 1.77. The average molecular weight is 366 g/mol. The van der Waals surface area contributed by atoms with E-state index in [0.29, 0.717) is 12.4 Å². The number of halogens is 1. The van der Waals surface area contributed by atoms with Crippen LogP contribution in [-0.2, 0) is 13.6 Å². The van der Waals surface area contributed by atoms with E-state index in [4.69, 9.17) is 0 Å². The molecule has 19 heavy (non-hydrogen) atoms. The molecule has 0 saturated carbocycles. The van der Waals surface area contributed by atoms with Crippen LogP contribution in [0.5, 0.6) is 0 Å². The number of benzene rings is 1. The van der Waals surface area contributed by atoms with Gasteiger partial charge in [0.05, 0.1) is 13.2 Å². The Balaban J connectivity index is 1.81. The molecular formula is C12H11IN6. The van der Waals surface area contributed by atoms with Crippen LogP contribution in [0, 0.1) is 3.57 Å². The van der Waals surface area contributed by atoms with Crippen molar-refractivity contribution in [2.24, 2.45) is 7.05 Å². The van der Waals surface area contributed by atoms with Crippen LogP contribution >= 0.6 is 22.6 Å². The van der Waals surface area contributed by atoms with Gasteiger partial charge in [-0.3, -0.25) is 4.68 Å². The van der Waals surface area contributed by atoms with Gasteiger partial charge in [0.25, 0.3) is 0 Å². The second-order valence-electron chi connectivity index (χ2n) is 4.13. The average Bonchev–Trinajstić information content (AvgIpc) is 3.00. The van der Waals surface area contributed by atoms with Crippen LogP contribution < -0.4 is 0 Å². The first-order valence-electron chi connectivity index (χ1n) is 5.72. The molecule has 0 radical (unpaired) electrons. The molecule has 0 amide bonds. The Kier molecular flexibility index (Phi) is 3.28. The minimum absolute atomic E-state index is 0.526. The predicted molar refractivity (Wildman–Crippen MR) is 78.3 cm³/mol. The maximum Gasteiger partial charge on any atom is 0.196 e. The summed E-state index contributed by atoms with van der Waals surface area (Å²) in [6.45, 7) is 0.526. The molecule has 0 bridgehead atoms. The summed E-state index contributed by atoms with van der Waals surface area (Å²) in [7, 11) is 1.75. The zero-order valence-electron chi connectivity index (χ0n) is 10.2. The fourth-order valence-corrected chi connectivity index (χ4v) is 2.13. The number of hydrogen-bond acceptors (Lipinski definition) is 4. The standard InChI is InChI=1S/C12H11IN6/c1-18-16-12(15-17-18)8-19-7-10(6-14-19)9-2-4-11(13)5-3-9/h2-7H,8H2,1H3. The van der Waals surface area contributed by atoms with E-state index in [2.05, 4.69) is 67.4 Å². The van der Waals surface area contributed by atoms with Crippen molar-refractivity contribution < 1.29 is 0 Å². The van der Waals surface area contributed by atoms with Crippen LogP contribution in [0.1, 0.15) is 5.82 Å². The Hall–Kier alpha value is -1.77. The minimum Gasteiger partial charge on any atom is -0.264 e. The van der Waals surface area contributed by atoms with E-state index in [-0.39, 0.29) is 0 Å². The molecule has 7 heteroatoms. The van der Waals surface area contributed by atoms with Gasteiger partial charge in [0.2, 0.25) is 0 Å². The molecule has 6 nitrogen and oxygen atoms in total. The lowest BCUT2D eigenvalue weighted by molar-refractivity contribution is 0.617. The molecule has 0 aliphatic heterocycles. The molecule has 0 N–H and O–H groups in total. The number of aryl methyl sites for hydroxylation is 1. The van der Waals surface area contributed by atoms with Gasteiger partial charge in [-0.05, 0) is 45.5 Å². The summed E-state index contributed by atoms with van der Waals surface area (Å²) in [5.41, 5.74) is 2.24. The number of hydrogen-bond donors (Lipinski definition) is 0. The summed E-state index contributed by atoms with van der Waals surface area (Å²) in [6.07, 6.45) is 3.83. The lowest BCUT2D eigenvalue weighted by Gasteiger charge is -1.97. The third-order valence-electron chi connectivity index (χ3n) is 2.66. The smallest absolute Gasteiger partial charge is 0.196 e. The van der Waals surface area contributed by atoms with Crippen molar-refractivity contribution in [3.05, 3.63) is 46.1 Å². The third-order valence-corrected chi connectivity index (χ3v) is 3.38. The van der Waals surface area contributed by atoms with E-state index in [1.54, 1.807) is 7.05 Å².